The van der Waals surface area contributed by atoms with E-state index in [4.69, 9.17) is 19.6 Å². The minimum Gasteiger partial charge on any atom is -0.507 e. The molecule has 174 valence electrons. The maximum absolute atomic E-state index is 11.0. The number of hydrogen-bond acceptors (Lipinski definition) is 7. The number of hydrogen-bond donors (Lipinski definition) is 1. The summed E-state index contributed by atoms with van der Waals surface area (Å²) in [6.07, 6.45) is 5.24. The van der Waals surface area contributed by atoms with Gasteiger partial charge in [0.25, 0.3) is 0 Å². The van der Waals surface area contributed by atoms with Crippen molar-refractivity contribution in [1.82, 2.24) is 19.7 Å². The zero-order valence-electron chi connectivity index (χ0n) is 19.1. The highest BCUT2D eigenvalue weighted by atomic mass is 16.5. The molecule has 0 aliphatic carbocycles. The van der Waals surface area contributed by atoms with Crippen molar-refractivity contribution in [2.45, 2.75) is 45.4 Å². The number of benzene rings is 2. The fraction of sp³-hybridized carbons (Fsp3) is 0.308. The molecule has 1 aliphatic heterocycles. The van der Waals surface area contributed by atoms with Crippen molar-refractivity contribution < 1.29 is 19.4 Å². The van der Waals surface area contributed by atoms with E-state index in [1.165, 1.54) is 6.07 Å². The molecule has 8 nitrogen and oxygen atoms in total. The molecule has 2 aromatic heterocycles. The second-order valence-corrected chi connectivity index (χ2v) is 8.62. The Morgan fingerprint density at radius 1 is 1.18 bits per heavy atom. The topological polar surface area (TPSA) is 99.4 Å². The maximum Gasteiger partial charge on any atom is 0.181 e. The minimum atomic E-state index is -0.148. The smallest absolute Gasteiger partial charge is 0.181 e. The van der Waals surface area contributed by atoms with Crippen LogP contribution in [0.2, 0.25) is 0 Å². The third-order valence-corrected chi connectivity index (χ3v) is 5.78. The van der Waals surface area contributed by atoms with Gasteiger partial charge in [-0.2, -0.15) is 5.10 Å². The van der Waals surface area contributed by atoms with Crippen LogP contribution in [0.15, 0.2) is 48.7 Å². The number of fused-ring (bicyclic) bond motifs is 1. The standard InChI is InChI=1S/C26H26N4O4/c1-16(2)34-18-7-9-22-20(14-18)25(29-30(22)24-5-3-4-12-33-24)26-27-11-10-21(28-26)19-8-6-17(15-31)13-23(19)32/h6-11,13-16,24,32H,3-5,12H2,1-2H3. The van der Waals surface area contributed by atoms with Crippen molar-refractivity contribution in [2.75, 3.05) is 6.61 Å². The fourth-order valence-corrected chi connectivity index (χ4v) is 4.23. The second-order valence-electron chi connectivity index (χ2n) is 8.62. The Hall–Kier alpha value is -3.78. The van der Waals surface area contributed by atoms with Gasteiger partial charge in [-0.05, 0) is 69.5 Å². The van der Waals surface area contributed by atoms with Gasteiger partial charge >= 0.3 is 0 Å². The molecule has 0 spiro atoms. The Bertz CT molecular complexity index is 1340. The number of aldehydes is 1. The molecule has 1 fully saturated rings. The molecule has 8 heteroatoms. The lowest BCUT2D eigenvalue weighted by Crippen LogP contribution is -2.19. The zero-order valence-corrected chi connectivity index (χ0v) is 19.1. The van der Waals surface area contributed by atoms with Crippen LogP contribution in [0.4, 0.5) is 0 Å². The molecule has 5 rings (SSSR count). The van der Waals surface area contributed by atoms with E-state index in [0.717, 1.165) is 35.9 Å². The molecule has 0 saturated carbocycles. The number of ether oxygens (including phenoxy) is 2. The minimum absolute atomic E-state index is 0.0205. The van der Waals surface area contributed by atoms with Crippen LogP contribution in [-0.2, 0) is 4.74 Å². The van der Waals surface area contributed by atoms with Gasteiger partial charge in [0.05, 0.1) is 17.3 Å². The van der Waals surface area contributed by atoms with Gasteiger partial charge in [-0.25, -0.2) is 14.6 Å². The van der Waals surface area contributed by atoms with Crippen molar-refractivity contribution in [2.24, 2.45) is 0 Å². The molecule has 1 N–H and O–H groups in total. The molecule has 0 amide bonds. The van der Waals surface area contributed by atoms with Crippen molar-refractivity contribution in [1.29, 1.82) is 0 Å². The third kappa shape index (κ3) is 4.24. The number of nitrogens with zero attached hydrogens (tertiary/aromatic N) is 4. The largest absolute Gasteiger partial charge is 0.507 e. The van der Waals surface area contributed by atoms with Crippen LogP contribution < -0.4 is 4.74 Å². The first kappa shape index (κ1) is 22.0. The Kier molecular flexibility index (Phi) is 5.98. The van der Waals surface area contributed by atoms with Gasteiger partial charge in [0.1, 0.15) is 23.5 Å². The van der Waals surface area contributed by atoms with Crippen molar-refractivity contribution in [3.8, 4) is 34.3 Å². The Morgan fingerprint density at radius 2 is 2.06 bits per heavy atom. The molecular weight excluding hydrogens is 432 g/mol. The second kappa shape index (κ2) is 9.23. The van der Waals surface area contributed by atoms with Gasteiger partial charge in [0.15, 0.2) is 12.1 Å². The molecule has 2 aromatic carbocycles. The van der Waals surface area contributed by atoms with E-state index < -0.39 is 0 Å². The number of carbonyl (C=O) groups is 1. The number of rotatable bonds is 6. The van der Waals surface area contributed by atoms with E-state index >= 15 is 0 Å². The molecule has 1 aliphatic rings. The van der Waals surface area contributed by atoms with E-state index in [2.05, 4.69) is 4.98 Å². The maximum atomic E-state index is 11.0. The Morgan fingerprint density at radius 3 is 2.79 bits per heavy atom. The first-order valence-corrected chi connectivity index (χ1v) is 11.5. The molecule has 34 heavy (non-hydrogen) atoms. The average molecular weight is 459 g/mol. The van der Waals surface area contributed by atoms with Crippen LogP contribution in [0.25, 0.3) is 33.7 Å². The molecule has 0 radical (unpaired) electrons. The molecular formula is C26H26N4O4. The first-order valence-electron chi connectivity index (χ1n) is 11.5. The van der Waals surface area contributed by atoms with Crippen molar-refractivity contribution in [3.05, 3.63) is 54.2 Å². The quantitative estimate of drug-likeness (QED) is 0.398. The van der Waals surface area contributed by atoms with Crippen LogP contribution in [0.5, 0.6) is 11.5 Å². The van der Waals surface area contributed by atoms with Gasteiger partial charge in [-0.1, -0.05) is 6.07 Å². The summed E-state index contributed by atoms with van der Waals surface area (Å²) in [5, 5.41) is 16.2. The van der Waals surface area contributed by atoms with Gasteiger partial charge in [-0.15, -0.1) is 0 Å². The van der Waals surface area contributed by atoms with E-state index in [-0.39, 0.29) is 18.1 Å². The number of aromatic nitrogens is 4. The first-order chi connectivity index (χ1) is 16.5. The number of phenols is 1. The van der Waals surface area contributed by atoms with Crippen LogP contribution in [-0.4, -0.2) is 43.9 Å². The summed E-state index contributed by atoms with van der Waals surface area (Å²) in [7, 11) is 0. The summed E-state index contributed by atoms with van der Waals surface area (Å²) < 4.78 is 13.9. The Balaban J connectivity index is 1.64. The lowest BCUT2D eigenvalue weighted by atomic mass is 10.1. The third-order valence-electron chi connectivity index (χ3n) is 5.78. The normalized spacial score (nSPS) is 16.1. The van der Waals surface area contributed by atoms with Crippen LogP contribution >= 0.6 is 0 Å². The van der Waals surface area contributed by atoms with Gasteiger partial charge in [-0.3, -0.25) is 4.79 Å². The van der Waals surface area contributed by atoms with Crippen LogP contribution in [0.3, 0.4) is 0 Å². The van der Waals surface area contributed by atoms with Gasteiger partial charge in [0.2, 0.25) is 0 Å². The summed E-state index contributed by atoms with van der Waals surface area (Å²) in [6.45, 7) is 4.68. The summed E-state index contributed by atoms with van der Waals surface area (Å²) in [4.78, 5) is 20.2. The molecule has 1 saturated heterocycles. The predicted octanol–water partition coefficient (Wildman–Crippen LogP) is 5.16. The summed E-state index contributed by atoms with van der Waals surface area (Å²) in [5.74, 6) is 1.15. The zero-order chi connectivity index (χ0) is 23.7. The number of phenolic OH excluding ortho intramolecular Hbond substituents is 1. The van der Waals surface area contributed by atoms with Crippen LogP contribution in [0, 0.1) is 0 Å². The molecule has 0 bridgehead atoms. The lowest BCUT2D eigenvalue weighted by Gasteiger charge is -2.23. The van der Waals surface area contributed by atoms with Gasteiger partial charge < -0.3 is 14.6 Å². The molecule has 3 heterocycles. The monoisotopic (exact) mass is 458 g/mol. The van der Waals surface area contributed by atoms with E-state index in [9.17, 15) is 9.90 Å². The molecule has 1 atom stereocenters. The highest BCUT2D eigenvalue weighted by Gasteiger charge is 2.23. The number of aromatic hydroxyl groups is 1. The highest BCUT2D eigenvalue weighted by Crippen LogP contribution is 2.35. The highest BCUT2D eigenvalue weighted by molar-refractivity contribution is 5.93. The summed E-state index contributed by atoms with van der Waals surface area (Å²) in [6, 6.07) is 12.4. The number of carbonyl (C=O) groups excluding carboxylic acids is 1. The van der Waals surface area contributed by atoms with E-state index in [0.29, 0.717) is 41.2 Å². The molecule has 4 aromatic rings. The lowest BCUT2D eigenvalue weighted by molar-refractivity contribution is -0.0365. The van der Waals surface area contributed by atoms with Crippen LogP contribution in [0.1, 0.15) is 49.7 Å². The predicted molar refractivity (Wildman–Crippen MR) is 128 cm³/mol. The Labute approximate surface area is 197 Å². The SMILES string of the molecule is CC(C)Oc1ccc2c(c1)c(-c1nccc(-c3ccc(C=O)cc3O)n1)nn2C1CCCCO1. The summed E-state index contributed by atoms with van der Waals surface area (Å²) >= 11 is 0. The van der Waals surface area contributed by atoms with Crippen molar-refractivity contribution >= 4 is 17.2 Å². The molecule has 1 unspecified atom stereocenters. The summed E-state index contributed by atoms with van der Waals surface area (Å²) in [5.41, 5.74) is 2.98. The van der Waals surface area contributed by atoms with Gasteiger partial charge in [0, 0.05) is 29.3 Å². The fourth-order valence-electron chi connectivity index (χ4n) is 4.23. The van der Waals surface area contributed by atoms with E-state index in [1.807, 2.05) is 36.7 Å². The van der Waals surface area contributed by atoms with E-state index in [1.54, 1.807) is 24.4 Å². The average Bonchev–Trinajstić information content (AvgIpc) is 3.23. The van der Waals surface area contributed by atoms with Crippen molar-refractivity contribution in [3.63, 3.8) is 0 Å².